The molecule has 0 unspecified atom stereocenters. The number of hydrogen-bond donors (Lipinski definition) is 1. The summed E-state index contributed by atoms with van der Waals surface area (Å²) in [5, 5.41) is 5.07. The molecule has 2 aromatic carbocycles. The van der Waals surface area contributed by atoms with Crippen molar-refractivity contribution in [3.05, 3.63) is 64.3 Å². The molecular formula is C22H20Cl2N2O2. The van der Waals surface area contributed by atoms with Gasteiger partial charge in [-0.15, -0.1) is 0 Å². The van der Waals surface area contributed by atoms with Crippen molar-refractivity contribution < 1.29 is 9.53 Å². The Labute approximate surface area is 173 Å². The van der Waals surface area contributed by atoms with Gasteiger partial charge in [0.05, 0.1) is 18.2 Å². The van der Waals surface area contributed by atoms with Crippen LogP contribution in [0.5, 0.6) is 5.75 Å². The molecule has 1 amide bonds. The van der Waals surface area contributed by atoms with Gasteiger partial charge in [-0.25, -0.2) is 0 Å². The highest BCUT2D eigenvalue weighted by Crippen LogP contribution is 2.45. The van der Waals surface area contributed by atoms with Crippen molar-refractivity contribution in [3.8, 4) is 5.75 Å². The minimum Gasteiger partial charge on any atom is -0.494 e. The molecule has 1 fully saturated rings. The minimum atomic E-state index is -0.657. The monoisotopic (exact) mass is 414 g/mol. The second-order valence-electron chi connectivity index (χ2n) is 7.08. The summed E-state index contributed by atoms with van der Waals surface area (Å²) in [7, 11) is 1.61. The number of halogens is 2. The summed E-state index contributed by atoms with van der Waals surface area (Å²) in [5.74, 6) is 0.620. The average Bonchev–Trinajstić information content (AvgIpc) is 3.19. The number of rotatable bonds is 4. The van der Waals surface area contributed by atoms with E-state index in [2.05, 4.69) is 10.3 Å². The largest absolute Gasteiger partial charge is 0.494 e. The van der Waals surface area contributed by atoms with E-state index in [1.807, 2.05) is 30.3 Å². The van der Waals surface area contributed by atoms with Gasteiger partial charge in [0.25, 0.3) is 0 Å². The highest BCUT2D eigenvalue weighted by atomic mass is 35.5. The van der Waals surface area contributed by atoms with Gasteiger partial charge in [-0.05, 0) is 54.8 Å². The summed E-state index contributed by atoms with van der Waals surface area (Å²) in [4.78, 5) is 17.9. The fourth-order valence-electron chi connectivity index (χ4n) is 4.14. The van der Waals surface area contributed by atoms with Crippen LogP contribution in [-0.4, -0.2) is 18.0 Å². The van der Waals surface area contributed by atoms with Crippen molar-refractivity contribution >= 4 is 45.7 Å². The first kappa shape index (κ1) is 19.0. The van der Waals surface area contributed by atoms with Crippen molar-refractivity contribution in [2.24, 2.45) is 0 Å². The van der Waals surface area contributed by atoms with Gasteiger partial charge in [-0.3, -0.25) is 9.78 Å². The second kappa shape index (κ2) is 7.61. The maximum atomic E-state index is 13.5. The molecule has 144 valence electrons. The number of amides is 1. The Balaban J connectivity index is 1.75. The lowest BCUT2D eigenvalue weighted by molar-refractivity contribution is -0.121. The number of nitrogens with one attached hydrogen (secondary N) is 1. The molecule has 1 aromatic heterocycles. The summed E-state index contributed by atoms with van der Waals surface area (Å²) in [6, 6.07) is 12.8. The van der Waals surface area contributed by atoms with Gasteiger partial charge in [0.15, 0.2) is 0 Å². The molecule has 1 saturated carbocycles. The molecule has 1 aliphatic rings. The SMILES string of the molecule is COc1ccc(NC(=O)C2(c3ccc(Cl)cc3Cl)CCCC2)c2cccnc12. The lowest BCUT2D eigenvalue weighted by atomic mass is 9.77. The predicted octanol–water partition coefficient (Wildman–Crippen LogP) is 6.00. The molecule has 1 N–H and O–H groups in total. The van der Waals surface area contributed by atoms with Gasteiger partial charge in [0.2, 0.25) is 5.91 Å². The van der Waals surface area contributed by atoms with E-state index < -0.39 is 5.41 Å². The van der Waals surface area contributed by atoms with E-state index in [0.29, 0.717) is 27.0 Å². The second-order valence-corrected chi connectivity index (χ2v) is 7.93. The third-order valence-corrected chi connectivity index (χ3v) is 6.09. The smallest absolute Gasteiger partial charge is 0.235 e. The maximum absolute atomic E-state index is 13.5. The van der Waals surface area contributed by atoms with Crippen LogP contribution >= 0.6 is 23.2 Å². The Morgan fingerprint density at radius 3 is 2.64 bits per heavy atom. The van der Waals surface area contributed by atoms with Gasteiger partial charge in [0, 0.05) is 21.6 Å². The molecule has 0 bridgehead atoms. The van der Waals surface area contributed by atoms with Crippen LogP contribution in [0.3, 0.4) is 0 Å². The average molecular weight is 415 g/mol. The van der Waals surface area contributed by atoms with E-state index in [9.17, 15) is 4.79 Å². The fourth-order valence-corrected chi connectivity index (χ4v) is 4.73. The van der Waals surface area contributed by atoms with Crippen LogP contribution in [0.25, 0.3) is 10.9 Å². The third-order valence-electron chi connectivity index (χ3n) is 5.54. The summed E-state index contributed by atoms with van der Waals surface area (Å²) >= 11 is 12.6. The van der Waals surface area contributed by atoms with E-state index in [0.717, 1.165) is 36.6 Å². The van der Waals surface area contributed by atoms with Gasteiger partial charge < -0.3 is 10.1 Å². The normalized spacial score (nSPS) is 15.5. The van der Waals surface area contributed by atoms with E-state index in [-0.39, 0.29) is 5.91 Å². The molecule has 0 radical (unpaired) electrons. The third kappa shape index (κ3) is 3.21. The molecule has 4 rings (SSSR count). The van der Waals surface area contributed by atoms with Crippen LogP contribution < -0.4 is 10.1 Å². The van der Waals surface area contributed by atoms with Crippen molar-refractivity contribution in [2.75, 3.05) is 12.4 Å². The van der Waals surface area contributed by atoms with Gasteiger partial charge in [-0.2, -0.15) is 0 Å². The van der Waals surface area contributed by atoms with Crippen LogP contribution in [0.2, 0.25) is 10.0 Å². The standard InChI is InChI=1S/C22H20Cl2N2O2/c1-28-19-9-8-18(15-5-4-12-25-20(15)19)26-21(27)22(10-2-3-11-22)16-7-6-14(23)13-17(16)24/h4-9,12-13H,2-3,10-11H2,1H3,(H,26,27). The van der Waals surface area contributed by atoms with Crippen LogP contribution in [0.1, 0.15) is 31.2 Å². The van der Waals surface area contributed by atoms with Crippen LogP contribution in [0.15, 0.2) is 48.7 Å². The number of carbonyl (C=O) groups excluding carboxylic acids is 1. The van der Waals surface area contributed by atoms with Gasteiger partial charge in [-0.1, -0.05) is 42.1 Å². The zero-order valence-corrected chi connectivity index (χ0v) is 17.0. The quantitative estimate of drug-likeness (QED) is 0.569. The molecule has 3 aromatic rings. The van der Waals surface area contributed by atoms with Gasteiger partial charge in [0.1, 0.15) is 11.3 Å². The summed E-state index contributed by atoms with van der Waals surface area (Å²) in [6.45, 7) is 0. The minimum absolute atomic E-state index is 0.0513. The number of carbonyl (C=O) groups is 1. The summed E-state index contributed by atoms with van der Waals surface area (Å²) in [5.41, 5.74) is 1.61. The van der Waals surface area contributed by atoms with Crippen molar-refractivity contribution in [1.29, 1.82) is 0 Å². The molecule has 0 spiro atoms. The molecule has 0 aliphatic heterocycles. The molecule has 4 nitrogen and oxygen atoms in total. The molecule has 0 atom stereocenters. The maximum Gasteiger partial charge on any atom is 0.235 e. The van der Waals surface area contributed by atoms with E-state index >= 15 is 0 Å². The van der Waals surface area contributed by atoms with Crippen LogP contribution in [-0.2, 0) is 10.2 Å². The topological polar surface area (TPSA) is 51.2 Å². The molecule has 28 heavy (non-hydrogen) atoms. The number of benzene rings is 2. The zero-order valence-electron chi connectivity index (χ0n) is 15.5. The van der Waals surface area contributed by atoms with Crippen molar-refractivity contribution in [3.63, 3.8) is 0 Å². The lowest BCUT2D eigenvalue weighted by Crippen LogP contribution is -2.38. The Morgan fingerprint density at radius 1 is 1.14 bits per heavy atom. The number of anilines is 1. The highest BCUT2D eigenvalue weighted by molar-refractivity contribution is 6.35. The number of fused-ring (bicyclic) bond motifs is 1. The Hall–Kier alpha value is -2.30. The molecule has 6 heteroatoms. The zero-order chi connectivity index (χ0) is 19.7. The molecular weight excluding hydrogens is 395 g/mol. The fraction of sp³-hybridized carbons (Fsp3) is 0.273. The van der Waals surface area contributed by atoms with Gasteiger partial charge >= 0.3 is 0 Å². The number of aromatic nitrogens is 1. The first-order chi connectivity index (χ1) is 13.5. The first-order valence-corrected chi connectivity index (χ1v) is 9.99. The van der Waals surface area contributed by atoms with Crippen molar-refractivity contribution in [2.45, 2.75) is 31.1 Å². The number of nitrogens with zero attached hydrogens (tertiary/aromatic N) is 1. The van der Waals surface area contributed by atoms with E-state index in [1.165, 1.54) is 0 Å². The summed E-state index contributed by atoms with van der Waals surface area (Å²) in [6.07, 6.45) is 5.19. The number of ether oxygens (including phenoxy) is 1. The predicted molar refractivity (Wildman–Crippen MR) is 114 cm³/mol. The van der Waals surface area contributed by atoms with E-state index in [1.54, 1.807) is 25.4 Å². The first-order valence-electron chi connectivity index (χ1n) is 9.24. The molecule has 0 saturated heterocycles. The van der Waals surface area contributed by atoms with Crippen LogP contribution in [0.4, 0.5) is 5.69 Å². The Morgan fingerprint density at radius 2 is 1.93 bits per heavy atom. The number of hydrogen-bond acceptors (Lipinski definition) is 3. The Bertz CT molecular complexity index is 1050. The van der Waals surface area contributed by atoms with E-state index in [4.69, 9.17) is 27.9 Å². The summed E-state index contributed by atoms with van der Waals surface area (Å²) < 4.78 is 5.40. The van der Waals surface area contributed by atoms with Crippen LogP contribution in [0, 0.1) is 0 Å². The Kier molecular flexibility index (Phi) is 5.17. The highest BCUT2D eigenvalue weighted by Gasteiger charge is 2.44. The molecule has 1 heterocycles. The van der Waals surface area contributed by atoms with Crippen molar-refractivity contribution in [1.82, 2.24) is 4.98 Å². The molecule has 1 aliphatic carbocycles. The number of pyridine rings is 1. The lowest BCUT2D eigenvalue weighted by Gasteiger charge is -2.29. The number of methoxy groups -OCH3 is 1.